The first-order valence-corrected chi connectivity index (χ1v) is 9.50. The van der Waals surface area contributed by atoms with Crippen molar-refractivity contribution in [1.82, 2.24) is 10.3 Å². The van der Waals surface area contributed by atoms with Crippen molar-refractivity contribution in [3.05, 3.63) is 22.5 Å². The third-order valence-corrected chi connectivity index (χ3v) is 6.03. The summed E-state index contributed by atoms with van der Waals surface area (Å²) in [5.74, 6) is 0.165. The van der Waals surface area contributed by atoms with Gasteiger partial charge in [-0.25, -0.2) is 4.98 Å². The molecule has 0 spiro atoms. The number of anilines is 1. The molecule has 2 aromatic heterocycles. The second-order valence-corrected chi connectivity index (χ2v) is 8.04. The van der Waals surface area contributed by atoms with Crippen molar-refractivity contribution < 1.29 is 4.79 Å². The van der Waals surface area contributed by atoms with Gasteiger partial charge in [0.1, 0.15) is 16.1 Å². The molecule has 4 rings (SSSR count). The van der Waals surface area contributed by atoms with Gasteiger partial charge in [0.05, 0.1) is 5.69 Å². The van der Waals surface area contributed by atoms with Crippen molar-refractivity contribution >= 4 is 33.6 Å². The van der Waals surface area contributed by atoms with Crippen molar-refractivity contribution in [2.24, 2.45) is 0 Å². The molecule has 2 aromatic rings. The van der Waals surface area contributed by atoms with Gasteiger partial charge in [-0.1, -0.05) is 11.3 Å². The van der Waals surface area contributed by atoms with Gasteiger partial charge in [-0.15, -0.1) is 0 Å². The Morgan fingerprint density at radius 1 is 1.45 bits per heavy atom. The number of nitrogens with one attached hydrogen (secondary N) is 1. The molecule has 6 heteroatoms. The molecule has 0 bridgehead atoms. The highest BCUT2D eigenvalue weighted by Gasteiger charge is 2.40. The maximum absolute atomic E-state index is 12.5. The molecule has 1 aliphatic carbocycles. The van der Waals surface area contributed by atoms with E-state index in [4.69, 9.17) is 4.98 Å². The number of thiazole rings is 1. The van der Waals surface area contributed by atoms with Crippen molar-refractivity contribution in [2.45, 2.75) is 51.2 Å². The Labute approximate surface area is 138 Å². The summed E-state index contributed by atoms with van der Waals surface area (Å²) in [6.07, 6.45) is 2.98. The number of hydrogen-bond donors (Lipinski definition) is 1. The first-order chi connectivity index (χ1) is 10.6. The summed E-state index contributed by atoms with van der Waals surface area (Å²) in [6.45, 7) is 4.30. The van der Waals surface area contributed by atoms with E-state index in [0.29, 0.717) is 12.1 Å². The van der Waals surface area contributed by atoms with Gasteiger partial charge >= 0.3 is 0 Å². The van der Waals surface area contributed by atoms with Gasteiger partial charge in [0.25, 0.3) is 0 Å². The van der Waals surface area contributed by atoms with Crippen LogP contribution in [0.3, 0.4) is 0 Å². The van der Waals surface area contributed by atoms with Crippen molar-refractivity contribution in [3.8, 4) is 10.6 Å². The fourth-order valence-corrected chi connectivity index (χ4v) is 4.94. The van der Waals surface area contributed by atoms with E-state index in [2.05, 4.69) is 40.9 Å². The number of fused-ring (bicyclic) bond motifs is 1. The van der Waals surface area contributed by atoms with Crippen LogP contribution >= 0.6 is 22.7 Å². The van der Waals surface area contributed by atoms with E-state index < -0.39 is 0 Å². The number of carbonyl (C=O) groups excluding carboxylic acids is 1. The Morgan fingerprint density at radius 2 is 2.27 bits per heavy atom. The van der Waals surface area contributed by atoms with E-state index in [9.17, 15) is 4.79 Å². The number of amides is 1. The summed E-state index contributed by atoms with van der Waals surface area (Å²) in [4.78, 5) is 19.6. The average Bonchev–Trinajstić information content (AvgIpc) is 2.93. The number of rotatable bonds is 4. The molecule has 0 radical (unpaired) electrons. The third-order valence-electron chi connectivity index (χ3n) is 4.18. The van der Waals surface area contributed by atoms with Crippen LogP contribution in [0.5, 0.6) is 0 Å². The van der Waals surface area contributed by atoms with E-state index in [-0.39, 0.29) is 11.9 Å². The molecule has 1 N–H and O–H groups in total. The minimum Gasteiger partial charge on any atom is -0.352 e. The zero-order chi connectivity index (χ0) is 15.3. The highest BCUT2D eigenvalue weighted by Crippen LogP contribution is 2.42. The normalized spacial score (nSPS) is 20.5. The Morgan fingerprint density at radius 3 is 2.91 bits per heavy atom. The van der Waals surface area contributed by atoms with Crippen LogP contribution in [0.15, 0.2) is 16.8 Å². The molecule has 1 saturated carbocycles. The molecule has 2 aliphatic rings. The Balaban J connectivity index is 1.62. The summed E-state index contributed by atoms with van der Waals surface area (Å²) < 4.78 is 0. The largest absolute Gasteiger partial charge is 0.352 e. The van der Waals surface area contributed by atoms with E-state index in [0.717, 1.165) is 30.0 Å². The molecule has 22 heavy (non-hydrogen) atoms. The molecule has 4 nitrogen and oxygen atoms in total. The summed E-state index contributed by atoms with van der Waals surface area (Å²) in [7, 11) is 0. The molecule has 0 aromatic carbocycles. The number of thiophene rings is 1. The van der Waals surface area contributed by atoms with Crippen LogP contribution in [0.25, 0.3) is 10.6 Å². The SMILES string of the molecule is CC(C)N1c2sc(-c3ccsc3)nc2CC1C(=O)NC1CC1. The van der Waals surface area contributed by atoms with Crippen molar-refractivity contribution in [2.75, 3.05) is 4.90 Å². The number of aromatic nitrogens is 1. The van der Waals surface area contributed by atoms with E-state index in [1.54, 1.807) is 22.7 Å². The number of nitrogens with zero attached hydrogens (tertiary/aromatic N) is 2. The van der Waals surface area contributed by atoms with Gasteiger partial charge in [-0.05, 0) is 38.1 Å². The lowest BCUT2D eigenvalue weighted by molar-refractivity contribution is -0.122. The zero-order valence-electron chi connectivity index (χ0n) is 12.7. The van der Waals surface area contributed by atoms with Gasteiger partial charge in [0.2, 0.25) is 5.91 Å². The maximum Gasteiger partial charge on any atom is 0.243 e. The van der Waals surface area contributed by atoms with Crippen LogP contribution < -0.4 is 10.2 Å². The first-order valence-electron chi connectivity index (χ1n) is 7.74. The Hall–Kier alpha value is -1.40. The highest BCUT2D eigenvalue weighted by molar-refractivity contribution is 7.19. The predicted octanol–water partition coefficient (Wildman–Crippen LogP) is 3.29. The standard InChI is InChI=1S/C16H19N3OS2/c1-9(2)19-13(14(20)17-11-3-4-11)7-12-16(19)22-15(18-12)10-5-6-21-8-10/h5-6,8-9,11,13H,3-4,7H2,1-2H3,(H,17,20). The summed E-state index contributed by atoms with van der Waals surface area (Å²) in [5.41, 5.74) is 2.27. The lowest BCUT2D eigenvalue weighted by Gasteiger charge is -2.29. The van der Waals surface area contributed by atoms with Crippen LogP contribution in [0.4, 0.5) is 5.00 Å². The molecule has 116 valence electrons. The fraction of sp³-hybridized carbons (Fsp3) is 0.500. The van der Waals surface area contributed by atoms with Gasteiger partial charge in [0, 0.05) is 29.4 Å². The molecular weight excluding hydrogens is 314 g/mol. The van der Waals surface area contributed by atoms with E-state index in [1.165, 1.54) is 10.6 Å². The quantitative estimate of drug-likeness (QED) is 0.934. The first kappa shape index (κ1) is 14.2. The Bertz CT molecular complexity index is 688. The Kier molecular flexibility index (Phi) is 3.46. The highest BCUT2D eigenvalue weighted by atomic mass is 32.1. The number of carbonyl (C=O) groups is 1. The minimum absolute atomic E-state index is 0.0918. The third kappa shape index (κ3) is 2.44. The summed E-state index contributed by atoms with van der Waals surface area (Å²) in [5, 5.41) is 9.59. The molecule has 1 unspecified atom stereocenters. The van der Waals surface area contributed by atoms with Crippen LogP contribution in [-0.4, -0.2) is 29.0 Å². The number of hydrogen-bond acceptors (Lipinski definition) is 5. The van der Waals surface area contributed by atoms with Gasteiger partial charge in [-0.3, -0.25) is 4.79 Å². The molecule has 0 saturated heterocycles. The van der Waals surface area contributed by atoms with E-state index in [1.807, 2.05) is 0 Å². The maximum atomic E-state index is 12.5. The van der Waals surface area contributed by atoms with E-state index >= 15 is 0 Å². The molecule has 1 amide bonds. The molecule has 1 fully saturated rings. The summed E-state index contributed by atoms with van der Waals surface area (Å²) in [6, 6.07) is 2.72. The van der Waals surface area contributed by atoms with Crippen molar-refractivity contribution in [1.29, 1.82) is 0 Å². The zero-order valence-corrected chi connectivity index (χ0v) is 14.3. The van der Waals surface area contributed by atoms with Crippen LogP contribution in [0, 0.1) is 0 Å². The lowest BCUT2D eigenvalue weighted by Crippen LogP contribution is -2.48. The second kappa shape index (κ2) is 5.35. The fourth-order valence-electron chi connectivity index (χ4n) is 2.95. The predicted molar refractivity (Wildman–Crippen MR) is 91.7 cm³/mol. The molecular formula is C16H19N3OS2. The average molecular weight is 333 g/mol. The van der Waals surface area contributed by atoms with Gasteiger partial charge in [0.15, 0.2) is 0 Å². The molecule has 3 heterocycles. The molecule has 1 atom stereocenters. The second-order valence-electron chi connectivity index (χ2n) is 6.29. The lowest BCUT2D eigenvalue weighted by atomic mass is 10.1. The topological polar surface area (TPSA) is 45.2 Å². The van der Waals surface area contributed by atoms with Crippen LogP contribution in [-0.2, 0) is 11.2 Å². The molecule has 1 aliphatic heterocycles. The minimum atomic E-state index is -0.0918. The van der Waals surface area contributed by atoms with Gasteiger partial charge in [-0.2, -0.15) is 11.3 Å². The van der Waals surface area contributed by atoms with Crippen molar-refractivity contribution in [3.63, 3.8) is 0 Å². The van der Waals surface area contributed by atoms with Gasteiger partial charge < -0.3 is 10.2 Å². The summed E-state index contributed by atoms with van der Waals surface area (Å²) >= 11 is 3.40. The monoisotopic (exact) mass is 333 g/mol. The van der Waals surface area contributed by atoms with Crippen LogP contribution in [0.1, 0.15) is 32.4 Å². The smallest absolute Gasteiger partial charge is 0.243 e. The van der Waals surface area contributed by atoms with Crippen LogP contribution in [0.2, 0.25) is 0 Å².